The maximum atomic E-state index is 9.47. The number of rotatable bonds is 3. The second-order valence-electron chi connectivity index (χ2n) is 7.83. The van der Waals surface area contributed by atoms with E-state index in [4.69, 9.17) is 20.9 Å². The summed E-state index contributed by atoms with van der Waals surface area (Å²) >= 11 is 6.47. The van der Waals surface area contributed by atoms with Gasteiger partial charge in [0, 0.05) is 40.4 Å². The quantitative estimate of drug-likeness (QED) is 0.535. The Bertz CT molecular complexity index is 1280. The van der Waals surface area contributed by atoms with Crippen LogP contribution in [0.4, 0.5) is 0 Å². The molecule has 30 heavy (non-hydrogen) atoms. The summed E-state index contributed by atoms with van der Waals surface area (Å²) in [6, 6.07) is 7.47. The monoisotopic (exact) mass is 422 g/mol. The van der Waals surface area contributed by atoms with E-state index in [1.165, 1.54) is 5.56 Å². The van der Waals surface area contributed by atoms with Gasteiger partial charge in [-0.15, -0.1) is 0 Å². The third-order valence-electron chi connectivity index (χ3n) is 5.93. The number of aryl methyl sites for hydroxylation is 1. The van der Waals surface area contributed by atoms with E-state index >= 15 is 0 Å². The Morgan fingerprint density at radius 3 is 3.00 bits per heavy atom. The van der Waals surface area contributed by atoms with Crippen molar-refractivity contribution in [2.24, 2.45) is 0 Å². The number of aromatic nitrogens is 4. The molecule has 0 spiro atoms. The van der Waals surface area contributed by atoms with Crippen molar-refractivity contribution >= 4 is 17.2 Å². The van der Waals surface area contributed by atoms with Gasteiger partial charge in [0.2, 0.25) is 0 Å². The molecule has 7 nitrogen and oxygen atoms in total. The van der Waals surface area contributed by atoms with E-state index in [9.17, 15) is 5.11 Å². The number of aliphatic hydroxyl groups is 1. The second-order valence-corrected chi connectivity index (χ2v) is 8.26. The molecule has 3 aromatic heterocycles. The van der Waals surface area contributed by atoms with E-state index in [2.05, 4.69) is 15.2 Å². The average molecular weight is 423 g/mol. The molecule has 0 saturated heterocycles. The van der Waals surface area contributed by atoms with Gasteiger partial charge < -0.3 is 14.4 Å². The summed E-state index contributed by atoms with van der Waals surface area (Å²) in [4.78, 5) is 4.35. The van der Waals surface area contributed by atoms with Crippen LogP contribution in [0.25, 0.3) is 16.9 Å². The summed E-state index contributed by atoms with van der Waals surface area (Å²) in [6.07, 6.45) is 6.45. The van der Waals surface area contributed by atoms with E-state index < -0.39 is 0 Å². The summed E-state index contributed by atoms with van der Waals surface area (Å²) in [5, 5.41) is 18.9. The molecule has 0 radical (unpaired) electrons. The van der Waals surface area contributed by atoms with Gasteiger partial charge in [-0.2, -0.15) is 5.10 Å². The summed E-state index contributed by atoms with van der Waals surface area (Å²) in [6.45, 7) is -0.147. The van der Waals surface area contributed by atoms with Gasteiger partial charge in [0.15, 0.2) is 17.5 Å². The molecule has 4 aromatic rings. The van der Waals surface area contributed by atoms with Crippen molar-refractivity contribution in [1.82, 2.24) is 19.8 Å². The Labute approximate surface area is 177 Å². The van der Waals surface area contributed by atoms with Crippen LogP contribution in [0.5, 0.6) is 5.75 Å². The molecular weight excluding hydrogens is 404 g/mol. The minimum Gasteiger partial charge on any atom is -0.481 e. The summed E-state index contributed by atoms with van der Waals surface area (Å²) in [7, 11) is 0. The zero-order chi connectivity index (χ0) is 20.2. The lowest BCUT2D eigenvalue weighted by Crippen LogP contribution is -2.08. The number of aliphatic hydroxyl groups excluding tert-OH is 1. The standard InChI is InChI=1S/C22H19ClN4O3/c23-13-7-12-8-19(22-15-3-1-2-4-17(15)26-30-22)29-21(12)16(9-13)18-5-6-24-20-10-14(11-28)25-27(18)20/h5-7,9-10,19,28H,1-4,8,11H2. The van der Waals surface area contributed by atoms with Crippen molar-refractivity contribution in [3.05, 3.63) is 63.8 Å². The van der Waals surface area contributed by atoms with Gasteiger partial charge in [-0.05, 0) is 43.9 Å². The highest BCUT2D eigenvalue weighted by Gasteiger charge is 2.34. The molecule has 1 N–H and O–H groups in total. The maximum Gasteiger partial charge on any atom is 0.181 e. The van der Waals surface area contributed by atoms with E-state index in [0.717, 1.165) is 59.7 Å². The largest absolute Gasteiger partial charge is 0.481 e. The van der Waals surface area contributed by atoms with Gasteiger partial charge in [-0.25, -0.2) is 9.50 Å². The summed E-state index contributed by atoms with van der Waals surface area (Å²) in [5.74, 6) is 1.61. The topological polar surface area (TPSA) is 85.7 Å². The Morgan fingerprint density at radius 1 is 1.20 bits per heavy atom. The minimum absolute atomic E-state index is 0.147. The zero-order valence-corrected chi connectivity index (χ0v) is 16.9. The van der Waals surface area contributed by atoms with Crippen LogP contribution in [0, 0.1) is 0 Å². The Morgan fingerprint density at radius 2 is 2.10 bits per heavy atom. The molecule has 2 aliphatic rings. The minimum atomic E-state index is -0.213. The van der Waals surface area contributed by atoms with Crippen molar-refractivity contribution in [2.45, 2.75) is 44.8 Å². The van der Waals surface area contributed by atoms with Crippen LogP contribution in [0.1, 0.15) is 47.2 Å². The highest BCUT2D eigenvalue weighted by Crippen LogP contribution is 2.46. The molecule has 0 amide bonds. The molecule has 1 aliphatic carbocycles. The Balaban J connectivity index is 1.45. The average Bonchev–Trinajstić information content (AvgIpc) is 3.48. The van der Waals surface area contributed by atoms with Crippen LogP contribution in [0.15, 0.2) is 35.0 Å². The number of fused-ring (bicyclic) bond motifs is 3. The van der Waals surface area contributed by atoms with Crippen LogP contribution in [-0.2, 0) is 25.9 Å². The van der Waals surface area contributed by atoms with Gasteiger partial charge in [-0.3, -0.25) is 0 Å². The van der Waals surface area contributed by atoms with Gasteiger partial charge in [0.1, 0.15) is 5.75 Å². The number of hydrogen-bond acceptors (Lipinski definition) is 6. The zero-order valence-electron chi connectivity index (χ0n) is 16.1. The first-order valence-corrected chi connectivity index (χ1v) is 10.5. The molecule has 152 valence electrons. The van der Waals surface area contributed by atoms with E-state index in [0.29, 0.717) is 22.8 Å². The molecule has 1 aliphatic heterocycles. The smallest absolute Gasteiger partial charge is 0.181 e. The molecule has 8 heteroatoms. The van der Waals surface area contributed by atoms with Crippen LogP contribution in [0.3, 0.4) is 0 Å². The highest BCUT2D eigenvalue weighted by atomic mass is 35.5. The van der Waals surface area contributed by atoms with E-state index in [1.807, 2.05) is 18.2 Å². The lowest BCUT2D eigenvalue weighted by atomic mass is 9.94. The van der Waals surface area contributed by atoms with E-state index in [1.54, 1.807) is 16.8 Å². The SMILES string of the molecule is OCc1cc2nccc(-c3cc(Cl)cc4c3OC(c3onc5c3CCCC5)C4)n2n1. The van der Waals surface area contributed by atoms with Crippen molar-refractivity contribution in [2.75, 3.05) is 0 Å². The second kappa shape index (κ2) is 6.82. The first-order chi connectivity index (χ1) is 14.7. The van der Waals surface area contributed by atoms with Gasteiger partial charge in [-0.1, -0.05) is 16.8 Å². The van der Waals surface area contributed by atoms with Crippen molar-refractivity contribution in [1.29, 1.82) is 0 Å². The summed E-state index contributed by atoms with van der Waals surface area (Å²) in [5.41, 5.74) is 6.16. The van der Waals surface area contributed by atoms with Crippen LogP contribution >= 0.6 is 11.6 Å². The van der Waals surface area contributed by atoms with Crippen molar-refractivity contribution in [3.63, 3.8) is 0 Å². The first-order valence-electron chi connectivity index (χ1n) is 10.1. The van der Waals surface area contributed by atoms with Gasteiger partial charge >= 0.3 is 0 Å². The number of nitrogens with zero attached hydrogens (tertiary/aromatic N) is 4. The number of halogens is 1. The molecule has 0 saturated carbocycles. The number of hydrogen-bond donors (Lipinski definition) is 1. The fraction of sp³-hybridized carbons (Fsp3) is 0.318. The fourth-order valence-corrected chi connectivity index (χ4v) is 4.79. The molecular formula is C22H19ClN4O3. The van der Waals surface area contributed by atoms with Gasteiger partial charge in [0.25, 0.3) is 0 Å². The molecule has 0 fully saturated rings. The molecule has 4 heterocycles. The normalized spacial score (nSPS) is 17.7. The molecule has 1 unspecified atom stereocenters. The van der Waals surface area contributed by atoms with Crippen LogP contribution < -0.4 is 4.74 Å². The molecule has 1 atom stereocenters. The molecule has 6 rings (SSSR count). The highest BCUT2D eigenvalue weighted by molar-refractivity contribution is 6.31. The maximum absolute atomic E-state index is 9.47. The van der Waals surface area contributed by atoms with Crippen molar-refractivity contribution < 1.29 is 14.4 Å². The predicted octanol–water partition coefficient (Wildman–Crippen LogP) is 4.09. The number of ether oxygens (including phenoxy) is 1. The fourth-order valence-electron chi connectivity index (χ4n) is 4.55. The third kappa shape index (κ3) is 2.73. The summed E-state index contributed by atoms with van der Waals surface area (Å²) < 4.78 is 13.9. The van der Waals surface area contributed by atoms with Crippen molar-refractivity contribution in [3.8, 4) is 17.0 Å². The van der Waals surface area contributed by atoms with Crippen LogP contribution in [-0.4, -0.2) is 24.9 Å². The lowest BCUT2D eigenvalue weighted by molar-refractivity contribution is 0.189. The van der Waals surface area contributed by atoms with Gasteiger partial charge in [0.05, 0.1) is 23.7 Å². The molecule has 1 aromatic carbocycles. The number of benzene rings is 1. The Kier molecular flexibility index (Phi) is 4.07. The Hall–Kier alpha value is -2.90. The lowest BCUT2D eigenvalue weighted by Gasteiger charge is -2.14. The molecule has 0 bridgehead atoms. The predicted molar refractivity (Wildman–Crippen MR) is 110 cm³/mol. The van der Waals surface area contributed by atoms with E-state index in [-0.39, 0.29) is 12.7 Å². The first kappa shape index (κ1) is 17.9. The van der Waals surface area contributed by atoms with Crippen LogP contribution in [0.2, 0.25) is 5.02 Å². The third-order valence-corrected chi connectivity index (χ3v) is 6.14.